The molecule has 2 N–H and O–H groups in total. The largest absolute Gasteiger partial charge is 0.354 e. The third-order valence-electron chi connectivity index (χ3n) is 3.50. The molecule has 0 aliphatic heterocycles. The Labute approximate surface area is 109 Å². The molecule has 5 heteroatoms. The van der Waals surface area contributed by atoms with E-state index in [0.717, 1.165) is 11.8 Å². The van der Waals surface area contributed by atoms with Crippen LogP contribution >= 0.6 is 0 Å². The van der Waals surface area contributed by atoms with Gasteiger partial charge >= 0.3 is 0 Å². The second-order valence-corrected chi connectivity index (χ2v) is 4.86. The van der Waals surface area contributed by atoms with Crippen LogP contribution in [-0.4, -0.2) is 28.6 Å². The topological polar surface area (TPSA) is 54.2 Å². The molecule has 0 aromatic carbocycles. The summed E-state index contributed by atoms with van der Waals surface area (Å²) >= 11 is 0. The summed E-state index contributed by atoms with van der Waals surface area (Å²) in [4.78, 5) is 8.56. The minimum Gasteiger partial charge on any atom is -0.354 e. The van der Waals surface area contributed by atoms with Crippen LogP contribution in [0.5, 0.6) is 0 Å². The summed E-state index contributed by atoms with van der Waals surface area (Å²) in [5.41, 5.74) is 0. The van der Waals surface area contributed by atoms with Gasteiger partial charge in [-0.3, -0.25) is 4.99 Å². The van der Waals surface area contributed by atoms with E-state index in [4.69, 9.17) is 0 Å². The lowest BCUT2D eigenvalue weighted by molar-refractivity contribution is 0.410. The van der Waals surface area contributed by atoms with Crippen LogP contribution in [0, 0.1) is 0 Å². The average Bonchev–Trinajstić information content (AvgIpc) is 2.81. The SMILES string of the molecule is CN=C(NCc1nccn1C)NC1CCCCC1. The third-order valence-corrected chi connectivity index (χ3v) is 3.50. The predicted octanol–water partition coefficient (Wildman–Crippen LogP) is 1.42. The number of guanidine groups is 1. The monoisotopic (exact) mass is 249 g/mol. The molecule has 0 spiro atoms. The lowest BCUT2D eigenvalue weighted by atomic mass is 9.96. The van der Waals surface area contributed by atoms with Crippen LogP contribution < -0.4 is 10.6 Å². The van der Waals surface area contributed by atoms with E-state index < -0.39 is 0 Å². The van der Waals surface area contributed by atoms with Gasteiger partial charge in [-0.15, -0.1) is 0 Å². The molecule has 0 atom stereocenters. The van der Waals surface area contributed by atoms with Gasteiger partial charge in [0.25, 0.3) is 0 Å². The normalized spacial score (nSPS) is 17.8. The Kier molecular flexibility index (Phi) is 4.61. The Balaban J connectivity index is 1.80. The van der Waals surface area contributed by atoms with Gasteiger partial charge in [0.1, 0.15) is 5.82 Å². The number of aryl methyl sites for hydroxylation is 1. The zero-order valence-corrected chi connectivity index (χ0v) is 11.3. The van der Waals surface area contributed by atoms with Gasteiger partial charge in [0.15, 0.2) is 5.96 Å². The zero-order valence-electron chi connectivity index (χ0n) is 11.3. The van der Waals surface area contributed by atoms with Gasteiger partial charge in [0.05, 0.1) is 6.54 Å². The van der Waals surface area contributed by atoms with Gasteiger partial charge in [-0.2, -0.15) is 0 Å². The molecule has 1 aliphatic rings. The molecule has 1 aromatic rings. The maximum Gasteiger partial charge on any atom is 0.191 e. The first-order chi connectivity index (χ1) is 8.79. The molecule has 0 unspecified atom stereocenters. The van der Waals surface area contributed by atoms with Crippen LogP contribution in [0.4, 0.5) is 0 Å². The maximum absolute atomic E-state index is 4.29. The molecule has 1 aromatic heterocycles. The van der Waals surface area contributed by atoms with Crippen molar-refractivity contribution in [1.82, 2.24) is 20.2 Å². The molecule has 1 heterocycles. The summed E-state index contributed by atoms with van der Waals surface area (Å²) in [6, 6.07) is 0.575. The minimum absolute atomic E-state index is 0.575. The Morgan fingerprint density at radius 1 is 1.44 bits per heavy atom. The van der Waals surface area contributed by atoms with Crippen molar-refractivity contribution < 1.29 is 0 Å². The van der Waals surface area contributed by atoms with E-state index >= 15 is 0 Å². The van der Waals surface area contributed by atoms with E-state index in [0.29, 0.717) is 12.6 Å². The van der Waals surface area contributed by atoms with E-state index in [1.54, 1.807) is 0 Å². The van der Waals surface area contributed by atoms with Crippen LogP contribution in [0.2, 0.25) is 0 Å². The van der Waals surface area contributed by atoms with E-state index in [1.165, 1.54) is 32.1 Å². The first-order valence-corrected chi connectivity index (χ1v) is 6.73. The van der Waals surface area contributed by atoms with Crippen LogP contribution in [-0.2, 0) is 13.6 Å². The number of imidazole rings is 1. The highest BCUT2D eigenvalue weighted by Crippen LogP contribution is 2.17. The molecule has 0 amide bonds. The summed E-state index contributed by atoms with van der Waals surface area (Å²) in [6.07, 6.45) is 10.3. The summed E-state index contributed by atoms with van der Waals surface area (Å²) in [7, 11) is 3.82. The second kappa shape index (κ2) is 6.42. The number of hydrogen-bond acceptors (Lipinski definition) is 2. The van der Waals surface area contributed by atoms with Crippen molar-refractivity contribution in [2.75, 3.05) is 7.05 Å². The summed E-state index contributed by atoms with van der Waals surface area (Å²) in [5.74, 6) is 1.89. The van der Waals surface area contributed by atoms with Crippen LogP contribution in [0.3, 0.4) is 0 Å². The van der Waals surface area contributed by atoms with Gasteiger partial charge in [-0.25, -0.2) is 4.98 Å². The molecular weight excluding hydrogens is 226 g/mol. The fourth-order valence-electron chi connectivity index (χ4n) is 2.36. The fourth-order valence-corrected chi connectivity index (χ4v) is 2.36. The Morgan fingerprint density at radius 3 is 2.83 bits per heavy atom. The standard InChI is InChI=1S/C13H23N5/c1-14-13(17-11-6-4-3-5-7-11)16-10-12-15-8-9-18(12)2/h8-9,11H,3-7,10H2,1-2H3,(H2,14,16,17). The third kappa shape index (κ3) is 3.48. The molecule has 0 bridgehead atoms. The highest BCUT2D eigenvalue weighted by molar-refractivity contribution is 5.79. The van der Waals surface area contributed by atoms with Gasteiger partial charge in [-0.05, 0) is 12.8 Å². The number of hydrogen-bond donors (Lipinski definition) is 2. The smallest absolute Gasteiger partial charge is 0.191 e. The van der Waals surface area contributed by atoms with Crippen molar-refractivity contribution in [3.63, 3.8) is 0 Å². The summed E-state index contributed by atoms with van der Waals surface area (Å²) in [5, 5.41) is 6.80. The number of nitrogens with zero attached hydrogens (tertiary/aromatic N) is 3. The summed E-state index contributed by atoms with van der Waals surface area (Å²) in [6.45, 7) is 0.704. The molecule has 1 aliphatic carbocycles. The van der Waals surface area contributed by atoms with Gasteiger partial charge in [0.2, 0.25) is 0 Å². The first kappa shape index (κ1) is 12.9. The molecule has 0 radical (unpaired) electrons. The molecule has 1 saturated carbocycles. The van der Waals surface area contributed by atoms with E-state index in [-0.39, 0.29) is 0 Å². The maximum atomic E-state index is 4.29. The second-order valence-electron chi connectivity index (χ2n) is 4.86. The molecule has 100 valence electrons. The number of aliphatic imine (C=N–C) groups is 1. The molecule has 5 nitrogen and oxygen atoms in total. The predicted molar refractivity (Wildman–Crippen MR) is 73.4 cm³/mol. The van der Waals surface area contributed by atoms with Gasteiger partial charge in [-0.1, -0.05) is 19.3 Å². The minimum atomic E-state index is 0.575. The molecule has 18 heavy (non-hydrogen) atoms. The lowest BCUT2D eigenvalue weighted by Crippen LogP contribution is -2.44. The van der Waals surface area contributed by atoms with Gasteiger partial charge in [0, 0.05) is 32.5 Å². The molecule has 1 fully saturated rings. The van der Waals surface area contributed by atoms with Crippen LogP contribution in [0.25, 0.3) is 0 Å². The van der Waals surface area contributed by atoms with Gasteiger partial charge < -0.3 is 15.2 Å². The van der Waals surface area contributed by atoms with Crippen molar-refractivity contribution in [2.24, 2.45) is 12.0 Å². The fraction of sp³-hybridized carbons (Fsp3) is 0.692. The van der Waals surface area contributed by atoms with Crippen molar-refractivity contribution >= 4 is 5.96 Å². The number of rotatable bonds is 3. The van der Waals surface area contributed by atoms with E-state index in [9.17, 15) is 0 Å². The highest BCUT2D eigenvalue weighted by atomic mass is 15.2. The zero-order chi connectivity index (χ0) is 12.8. The number of nitrogens with one attached hydrogen (secondary N) is 2. The molecular formula is C13H23N5. The Hall–Kier alpha value is -1.52. The first-order valence-electron chi connectivity index (χ1n) is 6.73. The number of aromatic nitrogens is 2. The van der Waals surface area contributed by atoms with Crippen LogP contribution in [0.1, 0.15) is 37.9 Å². The Morgan fingerprint density at radius 2 is 2.22 bits per heavy atom. The average molecular weight is 249 g/mol. The van der Waals surface area contributed by atoms with Crippen molar-refractivity contribution in [3.05, 3.63) is 18.2 Å². The van der Waals surface area contributed by atoms with E-state index in [1.807, 2.05) is 31.1 Å². The quantitative estimate of drug-likeness (QED) is 0.629. The van der Waals surface area contributed by atoms with Crippen molar-refractivity contribution in [3.8, 4) is 0 Å². The Bertz CT molecular complexity index is 390. The summed E-state index contributed by atoms with van der Waals surface area (Å²) < 4.78 is 2.01. The molecule has 0 saturated heterocycles. The van der Waals surface area contributed by atoms with Crippen molar-refractivity contribution in [2.45, 2.75) is 44.7 Å². The highest BCUT2D eigenvalue weighted by Gasteiger charge is 2.14. The van der Waals surface area contributed by atoms with Crippen molar-refractivity contribution in [1.29, 1.82) is 0 Å². The van der Waals surface area contributed by atoms with Crippen LogP contribution in [0.15, 0.2) is 17.4 Å². The lowest BCUT2D eigenvalue weighted by Gasteiger charge is -2.24. The van der Waals surface area contributed by atoms with E-state index in [2.05, 4.69) is 20.6 Å². The molecule has 2 rings (SSSR count).